The SMILES string of the molecule is CC1(CNC(=O)c2cccnc2Br)CCCS1. The Morgan fingerprint density at radius 2 is 2.53 bits per heavy atom. The monoisotopic (exact) mass is 314 g/mol. The summed E-state index contributed by atoms with van der Waals surface area (Å²) in [6.45, 7) is 2.93. The van der Waals surface area contributed by atoms with E-state index in [4.69, 9.17) is 0 Å². The van der Waals surface area contributed by atoms with E-state index < -0.39 is 0 Å². The molecule has 1 aromatic rings. The van der Waals surface area contributed by atoms with Gasteiger partial charge in [0.15, 0.2) is 0 Å². The minimum atomic E-state index is -0.0568. The van der Waals surface area contributed by atoms with Gasteiger partial charge in [0.1, 0.15) is 4.60 Å². The zero-order chi connectivity index (χ0) is 12.3. The molecule has 0 saturated carbocycles. The number of thioether (sulfide) groups is 1. The molecule has 3 nitrogen and oxygen atoms in total. The molecular weight excluding hydrogens is 300 g/mol. The maximum atomic E-state index is 12.0. The largest absolute Gasteiger partial charge is 0.351 e. The van der Waals surface area contributed by atoms with Crippen molar-refractivity contribution in [2.45, 2.75) is 24.5 Å². The number of pyridine rings is 1. The number of carbonyl (C=O) groups is 1. The van der Waals surface area contributed by atoms with E-state index >= 15 is 0 Å². The summed E-state index contributed by atoms with van der Waals surface area (Å²) in [5.74, 6) is 1.14. The third-order valence-electron chi connectivity index (χ3n) is 2.93. The van der Waals surface area contributed by atoms with Crippen LogP contribution in [0.5, 0.6) is 0 Å². The standard InChI is InChI=1S/C12H15BrN2OS/c1-12(5-3-7-17-12)8-15-11(16)9-4-2-6-14-10(9)13/h2,4,6H,3,5,7-8H2,1H3,(H,15,16). The molecule has 1 N–H and O–H groups in total. The van der Waals surface area contributed by atoms with Crippen LogP contribution in [0.25, 0.3) is 0 Å². The van der Waals surface area contributed by atoms with Crippen LogP contribution < -0.4 is 5.32 Å². The second-order valence-electron chi connectivity index (χ2n) is 4.43. The number of carbonyl (C=O) groups excluding carboxylic acids is 1. The molecule has 1 aliphatic heterocycles. The van der Waals surface area contributed by atoms with E-state index in [0.29, 0.717) is 10.2 Å². The third kappa shape index (κ3) is 3.22. The molecule has 92 valence electrons. The Bertz CT molecular complexity index is 419. The van der Waals surface area contributed by atoms with Crippen LogP contribution in [0, 0.1) is 0 Å². The van der Waals surface area contributed by atoms with Gasteiger partial charge in [-0.3, -0.25) is 4.79 Å². The highest BCUT2D eigenvalue weighted by Crippen LogP contribution is 2.37. The van der Waals surface area contributed by atoms with Gasteiger partial charge in [-0.25, -0.2) is 4.98 Å². The molecule has 0 aliphatic carbocycles. The molecule has 1 aromatic heterocycles. The van der Waals surface area contributed by atoms with E-state index in [1.54, 1.807) is 18.3 Å². The Morgan fingerprint density at radius 3 is 3.18 bits per heavy atom. The van der Waals surface area contributed by atoms with Gasteiger partial charge in [-0.15, -0.1) is 0 Å². The van der Waals surface area contributed by atoms with Gasteiger partial charge in [-0.2, -0.15) is 11.8 Å². The second kappa shape index (κ2) is 5.40. The first-order valence-corrected chi connectivity index (χ1v) is 7.41. The highest BCUT2D eigenvalue weighted by molar-refractivity contribution is 9.10. The molecule has 1 amide bonds. The van der Waals surface area contributed by atoms with Gasteiger partial charge < -0.3 is 5.32 Å². The summed E-state index contributed by atoms with van der Waals surface area (Å²) in [5.41, 5.74) is 0.596. The highest BCUT2D eigenvalue weighted by atomic mass is 79.9. The van der Waals surface area contributed by atoms with Gasteiger partial charge in [0.25, 0.3) is 5.91 Å². The van der Waals surface area contributed by atoms with Crippen LogP contribution in [0.15, 0.2) is 22.9 Å². The van der Waals surface area contributed by atoms with Crippen molar-refractivity contribution in [2.24, 2.45) is 0 Å². The number of halogens is 1. The smallest absolute Gasteiger partial charge is 0.254 e. The topological polar surface area (TPSA) is 42.0 Å². The molecule has 1 aliphatic rings. The Balaban J connectivity index is 1.96. The number of aromatic nitrogens is 1. The quantitative estimate of drug-likeness (QED) is 0.872. The van der Waals surface area contributed by atoms with Crippen LogP contribution in [0.4, 0.5) is 0 Å². The van der Waals surface area contributed by atoms with Crippen molar-refractivity contribution in [1.29, 1.82) is 0 Å². The van der Waals surface area contributed by atoms with Gasteiger partial charge in [0, 0.05) is 17.5 Å². The summed E-state index contributed by atoms with van der Waals surface area (Å²) in [6, 6.07) is 3.54. The Labute approximate surface area is 114 Å². The lowest BCUT2D eigenvalue weighted by molar-refractivity contribution is 0.0948. The highest BCUT2D eigenvalue weighted by Gasteiger charge is 2.29. The maximum Gasteiger partial charge on any atom is 0.254 e. The van der Waals surface area contributed by atoms with E-state index in [1.807, 2.05) is 11.8 Å². The Morgan fingerprint density at radius 1 is 1.71 bits per heavy atom. The predicted molar refractivity (Wildman–Crippen MR) is 74.4 cm³/mol. The molecule has 17 heavy (non-hydrogen) atoms. The van der Waals surface area contributed by atoms with E-state index in [0.717, 1.165) is 6.54 Å². The van der Waals surface area contributed by atoms with Crippen LogP contribution in [0.2, 0.25) is 0 Å². The van der Waals surface area contributed by atoms with Gasteiger partial charge in [-0.05, 0) is 53.6 Å². The fourth-order valence-corrected chi connectivity index (χ4v) is 3.57. The first-order chi connectivity index (χ1) is 8.11. The maximum absolute atomic E-state index is 12.0. The summed E-state index contributed by atoms with van der Waals surface area (Å²) in [6.07, 6.45) is 4.08. The molecule has 1 atom stereocenters. The van der Waals surface area contributed by atoms with Gasteiger partial charge in [0.2, 0.25) is 0 Å². The van der Waals surface area contributed by atoms with E-state index in [2.05, 4.69) is 33.2 Å². The molecule has 0 spiro atoms. The van der Waals surface area contributed by atoms with Gasteiger partial charge in [-0.1, -0.05) is 0 Å². The number of amides is 1. The number of nitrogens with one attached hydrogen (secondary N) is 1. The Hall–Kier alpha value is -0.550. The van der Waals surface area contributed by atoms with E-state index in [1.165, 1.54) is 18.6 Å². The summed E-state index contributed by atoms with van der Waals surface area (Å²) < 4.78 is 0.798. The number of hydrogen-bond donors (Lipinski definition) is 1. The summed E-state index contributed by atoms with van der Waals surface area (Å²) in [7, 11) is 0. The Kier molecular flexibility index (Phi) is 4.09. The van der Waals surface area contributed by atoms with E-state index in [9.17, 15) is 4.79 Å². The molecule has 1 saturated heterocycles. The lowest BCUT2D eigenvalue weighted by Crippen LogP contribution is -2.36. The number of nitrogens with zero attached hydrogens (tertiary/aromatic N) is 1. The fraction of sp³-hybridized carbons (Fsp3) is 0.500. The lowest BCUT2D eigenvalue weighted by Gasteiger charge is -2.22. The van der Waals surface area contributed by atoms with E-state index in [-0.39, 0.29) is 10.7 Å². The molecule has 0 bridgehead atoms. The van der Waals surface area contributed by atoms with Crippen LogP contribution in [-0.4, -0.2) is 27.9 Å². The van der Waals surface area contributed by atoms with Crippen LogP contribution in [0.3, 0.4) is 0 Å². The van der Waals surface area contributed by atoms with Gasteiger partial charge in [0.05, 0.1) is 5.56 Å². The second-order valence-corrected chi connectivity index (χ2v) is 6.86. The predicted octanol–water partition coefficient (Wildman–Crippen LogP) is 2.86. The first kappa shape index (κ1) is 12.9. The lowest BCUT2D eigenvalue weighted by atomic mass is 10.1. The molecular formula is C12H15BrN2OS. The van der Waals surface area contributed by atoms with Crippen LogP contribution in [0.1, 0.15) is 30.1 Å². The van der Waals surface area contributed by atoms with Crippen LogP contribution in [-0.2, 0) is 0 Å². The van der Waals surface area contributed by atoms with Crippen molar-refractivity contribution in [2.75, 3.05) is 12.3 Å². The molecule has 5 heteroatoms. The fourth-order valence-electron chi connectivity index (χ4n) is 1.89. The van der Waals surface area contributed by atoms with Gasteiger partial charge >= 0.3 is 0 Å². The van der Waals surface area contributed by atoms with Crippen molar-refractivity contribution < 1.29 is 4.79 Å². The average Bonchev–Trinajstić information content (AvgIpc) is 2.74. The molecule has 2 rings (SSSR count). The molecule has 1 fully saturated rings. The summed E-state index contributed by atoms with van der Waals surface area (Å²) >= 11 is 5.23. The normalized spacial score (nSPS) is 23.6. The molecule has 2 heterocycles. The van der Waals surface area contributed by atoms with Crippen molar-refractivity contribution in [3.63, 3.8) is 0 Å². The van der Waals surface area contributed by atoms with Crippen molar-refractivity contribution in [3.8, 4) is 0 Å². The minimum Gasteiger partial charge on any atom is -0.351 e. The first-order valence-electron chi connectivity index (χ1n) is 5.63. The van der Waals surface area contributed by atoms with Crippen molar-refractivity contribution in [1.82, 2.24) is 10.3 Å². The minimum absolute atomic E-state index is 0.0568. The molecule has 1 unspecified atom stereocenters. The van der Waals surface area contributed by atoms with Crippen molar-refractivity contribution in [3.05, 3.63) is 28.5 Å². The molecule has 0 aromatic carbocycles. The third-order valence-corrected chi connectivity index (χ3v) is 5.10. The van der Waals surface area contributed by atoms with Crippen molar-refractivity contribution >= 4 is 33.6 Å². The summed E-state index contributed by atoms with van der Waals surface area (Å²) in [5, 5.41) is 2.99. The van der Waals surface area contributed by atoms with Crippen LogP contribution >= 0.6 is 27.7 Å². The number of hydrogen-bond acceptors (Lipinski definition) is 3. The summed E-state index contributed by atoms with van der Waals surface area (Å²) in [4.78, 5) is 16.0. The number of rotatable bonds is 3. The molecule has 0 radical (unpaired) electrons. The average molecular weight is 315 g/mol. The zero-order valence-corrected chi connectivity index (χ0v) is 12.1. The zero-order valence-electron chi connectivity index (χ0n) is 9.70.